The smallest absolute Gasteiger partial charge is 0.270 e. The Kier molecular flexibility index (Phi) is 4.42. The largest absolute Gasteiger partial charge is 0.357 e. The molecule has 1 aliphatic carbocycles. The van der Waals surface area contributed by atoms with Gasteiger partial charge < -0.3 is 15.2 Å². The minimum absolute atomic E-state index is 0.239. The first kappa shape index (κ1) is 17.0. The highest BCUT2D eigenvalue weighted by Gasteiger charge is 2.24. The number of hydrogen-bond donors (Lipinski definition) is 2. The quantitative estimate of drug-likeness (QED) is 0.731. The first-order chi connectivity index (χ1) is 13.1. The van der Waals surface area contributed by atoms with Crippen molar-refractivity contribution in [3.8, 4) is 11.1 Å². The Morgan fingerprint density at radius 3 is 2.70 bits per heavy atom. The summed E-state index contributed by atoms with van der Waals surface area (Å²) >= 11 is 0. The fourth-order valence-corrected chi connectivity index (χ4v) is 2.73. The first-order valence-electron chi connectivity index (χ1n) is 8.74. The van der Waals surface area contributed by atoms with Gasteiger partial charge in [0.15, 0.2) is 0 Å². The average Bonchev–Trinajstić information content (AvgIpc) is 3.39. The van der Waals surface area contributed by atoms with E-state index in [1.54, 1.807) is 18.5 Å². The fourth-order valence-electron chi connectivity index (χ4n) is 2.73. The summed E-state index contributed by atoms with van der Waals surface area (Å²) in [4.78, 5) is 32.9. The zero-order valence-corrected chi connectivity index (χ0v) is 14.8. The minimum atomic E-state index is -0.315. The van der Waals surface area contributed by atoms with Crippen LogP contribution >= 0.6 is 0 Å². The van der Waals surface area contributed by atoms with Crippen LogP contribution in [0.4, 0.5) is 5.69 Å². The van der Waals surface area contributed by atoms with E-state index in [1.165, 1.54) is 12.3 Å². The molecular weight excluding hydrogens is 342 g/mol. The van der Waals surface area contributed by atoms with Crippen LogP contribution in [0.3, 0.4) is 0 Å². The van der Waals surface area contributed by atoms with Gasteiger partial charge in [0, 0.05) is 54.6 Å². The number of pyridine rings is 2. The number of carbonyl (C=O) groups excluding carboxylic acids is 2. The summed E-state index contributed by atoms with van der Waals surface area (Å²) in [5, 5.41) is 5.70. The van der Waals surface area contributed by atoms with Crippen LogP contribution in [0, 0.1) is 0 Å². The van der Waals surface area contributed by atoms with Gasteiger partial charge in [-0.3, -0.25) is 19.6 Å². The highest BCUT2D eigenvalue weighted by Crippen LogP contribution is 2.22. The molecule has 27 heavy (non-hydrogen) atoms. The number of amides is 2. The van der Waals surface area contributed by atoms with Crippen LogP contribution in [0.5, 0.6) is 0 Å². The van der Waals surface area contributed by atoms with Crippen molar-refractivity contribution >= 4 is 17.5 Å². The highest BCUT2D eigenvalue weighted by atomic mass is 16.2. The SMILES string of the molecule is Cn1ccc(-c2cncc(NC(=O)c3ccnc(C(=O)NC4CC4)c3)c2)c1. The van der Waals surface area contributed by atoms with Crippen LogP contribution in [0.15, 0.2) is 55.2 Å². The molecule has 0 unspecified atom stereocenters. The number of carbonyl (C=O) groups is 2. The number of rotatable bonds is 5. The third kappa shape index (κ3) is 4.03. The van der Waals surface area contributed by atoms with Crippen LogP contribution in [0.25, 0.3) is 11.1 Å². The molecule has 7 nitrogen and oxygen atoms in total. The lowest BCUT2D eigenvalue weighted by atomic mass is 10.1. The van der Waals surface area contributed by atoms with Crippen molar-refractivity contribution in [3.05, 3.63) is 66.5 Å². The van der Waals surface area contributed by atoms with E-state index in [9.17, 15) is 9.59 Å². The van der Waals surface area contributed by atoms with Crippen LogP contribution in [-0.4, -0.2) is 32.4 Å². The van der Waals surface area contributed by atoms with Gasteiger partial charge in [0.05, 0.1) is 11.9 Å². The van der Waals surface area contributed by atoms with Crippen LogP contribution < -0.4 is 10.6 Å². The van der Waals surface area contributed by atoms with Crippen molar-refractivity contribution in [1.29, 1.82) is 0 Å². The molecule has 0 atom stereocenters. The summed E-state index contributed by atoms with van der Waals surface area (Å²) in [7, 11) is 1.95. The predicted molar refractivity (Wildman–Crippen MR) is 101 cm³/mol. The maximum absolute atomic E-state index is 12.6. The summed E-state index contributed by atoms with van der Waals surface area (Å²) in [5.41, 5.74) is 3.13. The zero-order valence-electron chi connectivity index (χ0n) is 14.8. The zero-order chi connectivity index (χ0) is 18.8. The van der Waals surface area contributed by atoms with Gasteiger partial charge in [-0.1, -0.05) is 0 Å². The normalized spacial score (nSPS) is 13.2. The van der Waals surface area contributed by atoms with E-state index < -0.39 is 0 Å². The van der Waals surface area contributed by atoms with Crippen molar-refractivity contribution < 1.29 is 9.59 Å². The molecule has 0 saturated heterocycles. The second kappa shape index (κ2) is 7.03. The molecule has 4 rings (SSSR count). The van der Waals surface area contributed by atoms with Crippen molar-refractivity contribution in [2.45, 2.75) is 18.9 Å². The third-order valence-electron chi connectivity index (χ3n) is 4.33. The summed E-state index contributed by atoms with van der Waals surface area (Å²) in [6.07, 6.45) is 10.7. The predicted octanol–water partition coefficient (Wildman–Crippen LogP) is 2.63. The third-order valence-corrected chi connectivity index (χ3v) is 4.33. The van der Waals surface area contributed by atoms with Gasteiger partial charge in [-0.15, -0.1) is 0 Å². The molecule has 1 fully saturated rings. The molecule has 0 aliphatic heterocycles. The number of anilines is 1. The lowest BCUT2D eigenvalue weighted by Gasteiger charge is -2.08. The maximum Gasteiger partial charge on any atom is 0.270 e. The molecule has 3 heterocycles. The lowest BCUT2D eigenvalue weighted by molar-refractivity contribution is 0.0946. The molecule has 0 bridgehead atoms. The van der Waals surface area contributed by atoms with Crippen LogP contribution in [0.2, 0.25) is 0 Å². The van der Waals surface area contributed by atoms with Gasteiger partial charge >= 0.3 is 0 Å². The van der Waals surface area contributed by atoms with E-state index in [1.807, 2.05) is 36.1 Å². The number of aromatic nitrogens is 3. The monoisotopic (exact) mass is 361 g/mol. The summed E-state index contributed by atoms with van der Waals surface area (Å²) in [6, 6.07) is 7.17. The summed E-state index contributed by atoms with van der Waals surface area (Å²) in [6.45, 7) is 0. The van der Waals surface area contributed by atoms with Crippen molar-refractivity contribution in [2.24, 2.45) is 7.05 Å². The van der Waals surface area contributed by atoms with Gasteiger partial charge in [0.2, 0.25) is 0 Å². The molecule has 3 aromatic rings. The van der Waals surface area contributed by atoms with E-state index >= 15 is 0 Å². The van der Waals surface area contributed by atoms with Crippen molar-refractivity contribution in [3.63, 3.8) is 0 Å². The summed E-state index contributed by atoms with van der Waals surface area (Å²) < 4.78 is 1.95. The standard InChI is InChI=1S/C20H19N5O2/c1-25-7-5-14(12-25)15-8-17(11-21-10-15)24-19(26)13-4-6-22-18(9-13)20(27)23-16-2-3-16/h4-12,16H,2-3H2,1H3,(H,23,27)(H,24,26). The maximum atomic E-state index is 12.6. The number of aryl methyl sites for hydroxylation is 1. The topological polar surface area (TPSA) is 88.9 Å². The first-order valence-corrected chi connectivity index (χ1v) is 8.74. The Hall–Kier alpha value is -3.48. The average molecular weight is 361 g/mol. The molecule has 2 amide bonds. The number of hydrogen-bond acceptors (Lipinski definition) is 4. The number of nitrogens with zero attached hydrogens (tertiary/aromatic N) is 3. The highest BCUT2D eigenvalue weighted by molar-refractivity contribution is 6.05. The molecule has 0 radical (unpaired) electrons. The Bertz CT molecular complexity index is 1010. The molecule has 2 N–H and O–H groups in total. The van der Waals surface area contributed by atoms with Gasteiger partial charge in [-0.05, 0) is 37.1 Å². The van der Waals surface area contributed by atoms with E-state index in [0.29, 0.717) is 11.3 Å². The Balaban J connectivity index is 1.50. The van der Waals surface area contributed by atoms with E-state index in [0.717, 1.165) is 24.0 Å². The molecule has 3 aromatic heterocycles. The van der Waals surface area contributed by atoms with Crippen LogP contribution in [-0.2, 0) is 7.05 Å². The summed E-state index contributed by atoms with van der Waals surface area (Å²) in [5.74, 6) is -0.565. The van der Waals surface area contributed by atoms with Crippen molar-refractivity contribution in [1.82, 2.24) is 19.9 Å². The molecular formula is C20H19N5O2. The molecule has 0 spiro atoms. The van der Waals surface area contributed by atoms with E-state index in [4.69, 9.17) is 0 Å². The molecule has 1 aliphatic rings. The van der Waals surface area contributed by atoms with Crippen molar-refractivity contribution in [2.75, 3.05) is 5.32 Å². The molecule has 7 heteroatoms. The van der Waals surface area contributed by atoms with Gasteiger partial charge in [-0.25, -0.2) is 0 Å². The van der Waals surface area contributed by atoms with Gasteiger partial charge in [0.25, 0.3) is 11.8 Å². The fraction of sp³-hybridized carbons (Fsp3) is 0.200. The van der Waals surface area contributed by atoms with Gasteiger partial charge in [-0.2, -0.15) is 0 Å². The van der Waals surface area contributed by atoms with Gasteiger partial charge in [0.1, 0.15) is 5.69 Å². The Morgan fingerprint density at radius 1 is 1.11 bits per heavy atom. The minimum Gasteiger partial charge on any atom is -0.357 e. The Labute approximate surface area is 156 Å². The number of nitrogens with one attached hydrogen (secondary N) is 2. The molecule has 0 aromatic carbocycles. The molecule has 1 saturated carbocycles. The Morgan fingerprint density at radius 2 is 1.96 bits per heavy atom. The lowest BCUT2D eigenvalue weighted by Crippen LogP contribution is -2.26. The molecule has 136 valence electrons. The van der Waals surface area contributed by atoms with Crippen LogP contribution in [0.1, 0.15) is 33.7 Å². The van der Waals surface area contributed by atoms with E-state index in [2.05, 4.69) is 20.6 Å². The second-order valence-corrected chi connectivity index (χ2v) is 6.66. The second-order valence-electron chi connectivity index (χ2n) is 6.66. The van der Waals surface area contributed by atoms with E-state index in [-0.39, 0.29) is 23.6 Å².